The summed E-state index contributed by atoms with van der Waals surface area (Å²) in [5.41, 5.74) is 1.75. The first kappa shape index (κ1) is 15.5. The van der Waals surface area contributed by atoms with E-state index < -0.39 is 0 Å². The van der Waals surface area contributed by atoms with Gasteiger partial charge in [0.05, 0.1) is 0 Å². The van der Waals surface area contributed by atoms with E-state index in [4.69, 9.17) is 11.6 Å². The fraction of sp³-hybridized carbons (Fsp3) is 0.250. The van der Waals surface area contributed by atoms with Crippen molar-refractivity contribution in [2.75, 3.05) is 6.54 Å². The van der Waals surface area contributed by atoms with Crippen molar-refractivity contribution in [2.24, 2.45) is 0 Å². The molecule has 0 fully saturated rings. The standard InChI is InChI=1S/C16H16BrClFN/c1-2-20-16(11-4-3-5-14(18)9-11)10-12-8-13(17)6-7-15(12)19/h3-9,16,20H,2,10H2,1H3. The predicted octanol–water partition coefficient (Wildman–Crippen LogP) is 5.13. The predicted molar refractivity (Wildman–Crippen MR) is 85.7 cm³/mol. The number of rotatable bonds is 5. The highest BCUT2D eigenvalue weighted by Gasteiger charge is 2.14. The van der Waals surface area contributed by atoms with Crippen LogP contribution in [0.3, 0.4) is 0 Å². The van der Waals surface area contributed by atoms with Crippen LogP contribution in [0.15, 0.2) is 46.9 Å². The van der Waals surface area contributed by atoms with Crippen molar-refractivity contribution >= 4 is 27.5 Å². The molecule has 1 nitrogen and oxygen atoms in total. The number of hydrogen-bond donors (Lipinski definition) is 1. The number of likely N-dealkylation sites (N-methyl/N-ethyl adjacent to an activating group) is 1. The highest BCUT2D eigenvalue weighted by atomic mass is 79.9. The maximum Gasteiger partial charge on any atom is 0.126 e. The van der Waals surface area contributed by atoms with E-state index in [2.05, 4.69) is 21.2 Å². The molecule has 0 aromatic heterocycles. The van der Waals surface area contributed by atoms with E-state index in [-0.39, 0.29) is 11.9 Å². The minimum Gasteiger partial charge on any atom is -0.310 e. The maximum atomic E-state index is 13.9. The Balaban J connectivity index is 2.27. The molecule has 0 saturated carbocycles. The highest BCUT2D eigenvalue weighted by Crippen LogP contribution is 2.24. The van der Waals surface area contributed by atoms with E-state index in [0.29, 0.717) is 17.0 Å². The third kappa shape index (κ3) is 4.05. The van der Waals surface area contributed by atoms with E-state index in [9.17, 15) is 4.39 Å². The topological polar surface area (TPSA) is 12.0 Å². The quantitative estimate of drug-likeness (QED) is 0.782. The van der Waals surface area contributed by atoms with Crippen LogP contribution in [0, 0.1) is 5.82 Å². The highest BCUT2D eigenvalue weighted by molar-refractivity contribution is 9.10. The van der Waals surface area contributed by atoms with Crippen LogP contribution in [0.4, 0.5) is 4.39 Å². The SMILES string of the molecule is CCNC(Cc1cc(Br)ccc1F)c1cccc(Cl)c1. The van der Waals surface area contributed by atoms with Gasteiger partial charge in [0.1, 0.15) is 5.82 Å². The molecule has 1 unspecified atom stereocenters. The van der Waals surface area contributed by atoms with Crippen molar-refractivity contribution in [1.29, 1.82) is 0 Å². The van der Waals surface area contributed by atoms with Gasteiger partial charge in [-0.15, -0.1) is 0 Å². The summed E-state index contributed by atoms with van der Waals surface area (Å²) in [6, 6.07) is 12.8. The van der Waals surface area contributed by atoms with E-state index in [0.717, 1.165) is 16.6 Å². The molecule has 1 atom stereocenters. The number of halogens is 3. The first-order valence-electron chi connectivity index (χ1n) is 6.53. The molecule has 2 rings (SSSR count). The van der Waals surface area contributed by atoms with Gasteiger partial charge in [-0.3, -0.25) is 0 Å². The summed E-state index contributed by atoms with van der Waals surface area (Å²) in [6.45, 7) is 2.85. The maximum absolute atomic E-state index is 13.9. The number of hydrogen-bond acceptors (Lipinski definition) is 1. The zero-order chi connectivity index (χ0) is 14.5. The summed E-state index contributed by atoms with van der Waals surface area (Å²) in [7, 11) is 0. The third-order valence-corrected chi connectivity index (χ3v) is 3.86. The molecule has 1 N–H and O–H groups in total. The van der Waals surface area contributed by atoms with E-state index >= 15 is 0 Å². The molecule has 0 radical (unpaired) electrons. The second-order valence-corrected chi connectivity index (χ2v) is 5.96. The largest absolute Gasteiger partial charge is 0.310 e. The van der Waals surface area contributed by atoms with Gasteiger partial charge in [-0.25, -0.2) is 4.39 Å². The lowest BCUT2D eigenvalue weighted by Gasteiger charge is -2.19. The first-order chi connectivity index (χ1) is 9.60. The van der Waals surface area contributed by atoms with Crippen molar-refractivity contribution in [3.05, 3.63) is 68.9 Å². The lowest BCUT2D eigenvalue weighted by Crippen LogP contribution is -2.23. The van der Waals surface area contributed by atoms with Crippen LogP contribution in [0.2, 0.25) is 5.02 Å². The molecule has 2 aromatic carbocycles. The van der Waals surface area contributed by atoms with Gasteiger partial charge in [0, 0.05) is 15.5 Å². The summed E-state index contributed by atoms with van der Waals surface area (Å²) < 4.78 is 14.8. The van der Waals surface area contributed by atoms with Gasteiger partial charge in [0.15, 0.2) is 0 Å². The molecule has 20 heavy (non-hydrogen) atoms. The Kier molecular flexibility index (Phi) is 5.58. The molecular formula is C16H16BrClFN. The zero-order valence-corrected chi connectivity index (χ0v) is 13.5. The van der Waals surface area contributed by atoms with Gasteiger partial charge in [-0.1, -0.05) is 46.6 Å². The van der Waals surface area contributed by atoms with Gasteiger partial charge in [-0.2, -0.15) is 0 Å². The summed E-state index contributed by atoms with van der Waals surface area (Å²) in [5.74, 6) is -0.182. The second-order valence-electron chi connectivity index (χ2n) is 4.61. The fourth-order valence-electron chi connectivity index (χ4n) is 2.20. The van der Waals surface area contributed by atoms with Crippen LogP contribution < -0.4 is 5.32 Å². The molecule has 4 heteroatoms. The summed E-state index contributed by atoms with van der Waals surface area (Å²) in [5, 5.41) is 4.08. The third-order valence-electron chi connectivity index (χ3n) is 3.13. The zero-order valence-electron chi connectivity index (χ0n) is 11.2. The van der Waals surface area contributed by atoms with Gasteiger partial charge >= 0.3 is 0 Å². The van der Waals surface area contributed by atoms with Gasteiger partial charge < -0.3 is 5.32 Å². The monoisotopic (exact) mass is 355 g/mol. The number of nitrogens with one attached hydrogen (secondary N) is 1. The molecule has 0 aliphatic rings. The minimum absolute atomic E-state index is 0.0440. The number of benzene rings is 2. The van der Waals surface area contributed by atoms with Crippen LogP contribution in [-0.2, 0) is 6.42 Å². The van der Waals surface area contributed by atoms with E-state index in [1.807, 2.05) is 37.3 Å². The lowest BCUT2D eigenvalue weighted by atomic mass is 9.98. The van der Waals surface area contributed by atoms with E-state index in [1.165, 1.54) is 6.07 Å². The van der Waals surface area contributed by atoms with Gasteiger partial charge in [0.25, 0.3) is 0 Å². The van der Waals surface area contributed by atoms with E-state index in [1.54, 1.807) is 6.07 Å². The lowest BCUT2D eigenvalue weighted by molar-refractivity contribution is 0.528. The Morgan fingerprint density at radius 3 is 2.75 bits per heavy atom. The average Bonchev–Trinajstić information content (AvgIpc) is 2.42. The van der Waals surface area contributed by atoms with Crippen molar-refractivity contribution < 1.29 is 4.39 Å². The summed E-state index contributed by atoms with van der Waals surface area (Å²) >= 11 is 9.42. The molecule has 2 aromatic rings. The average molecular weight is 357 g/mol. The molecule has 0 amide bonds. The van der Waals surface area contributed by atoms with Gasteiger partial charge in [0.2, 0.25) is 0 Å². The smallest absolute Gasteiger partial charge is 0.126 e. The molecule has 0 spiro atoms. The molecule has 0 aliphatic carbocycles. The van der Waals surface area contributed by atoms with Crippen LogP contribution in [0.5, 0.6) is 0 Å². The van der Waals surface area contributed by atoms with Crippen LogP contribution in [-0.4, -0.2) is 6.54 Å². The Labute approximate surface area is 132 Å². The molecule has 106 valence electrons. The molecule has 0 aliphatic heterocycles. The van der Waals surface area contributed by atoms with Crippen molar-refractivity contribution in [3.8, 4) is 0 Å². The summed E-state index contributed by atoms with van der Waals surface area (Å²) in [4.78, 5) is 0. The second kappa shape index (κ2) is 7.21. The first-order valence-corrected chi connectivity index (χ1v) is 7.70. The Morgan fingerprint density at radius 1 is 1.25 bits per heavy atom. The Morgan fingerprint density at radius 2 is 2.05 bits per heavy atom. The fourth-order valence-corrected chi connectivity index (χ4v) is 2.80. The normalized spacial score (nSPS) is 12.4. The van der Waals surface area contributed by atoms with Gasteiger partial charge in [-0.05, 0) is 54.4 Å². The molecule has 0 heterocycles. The Hall–Kier alpha value is -0.900. The molecule has 0 saturated heterocycles. The van der Waals surface area contributed by atoms with Crippen molar-refractivity contribution in [1.82, 2.24) is 5.32 Å². The summed E-state index contributed by atoms with van der Waals surface area (Å²) in [6.07, 6.45) is 0.583. The van der Waals surface area contributed by atoms with Crippen LogP contribution >= 0.6 is 27.5 Å². The molecular weight excluding hydrogens is 341 g/mol. The van der Waals surface area contributed by atoms with Crippen LogP contribution in [0.1, 0.15) is 24.1 Å². The Bertz CT molecular complexity index is 588. The molecule has 0 bridgehead atoms. The minimum atomic E-state index is -0.182. The van der Waals surface area contributed by atoms with Crippen molar-refractivity contribution in [3.63, 3.8) is 0 Å². The van der Waals surface area contributed by atoms with Crippen LogP contribution in [0.25, 0.3) is 0 Å². The van der Waals surface area contributed by atoms with Crippen molar-refractivity contribution in [2.45, 2.75) is 19.4 Å².